The van der Waals surface area contributed by atoms with Gasteiger partial charge in [-0.15, -0.1) is 0 Å². The molecule has 1 saturated heterocycles. The number of ketones is 1. The number of hydrogen-bond acceptors (Lipinski definition) is 6. The number of carbonyl (C=O) groups excluding carboxylic acids is 3. The van der Waals surface area contributed by atoms with Crippen LogP contribution >= 0.6 is 0 Å². The molecule has 2 aromatic rings. The van der Waals surface area contributed by atoms with Crippen LogP contribution in [0.4, 0.5) is 0 Å². The molecule has 6 rings (SSSR count). The summed E-state index contributed by atoms with van der Waals surface area (Å²) in [6.45, 7) is 4.32. The molecular formula is C31H34N2O5. The molecule has 2 fully saturated rings. The Hall–Kier alpha value is -3.45. The molecule has 198 valence electrons. The first-order valence-corrected chi connectivity index (χ1v) is 13.5. The van der Waals surface area contributed by atoms with E-state index in [1.165, 1.54) is 12.5 Å². The summed E-state index contributed by atoms with van der Waals surface area (Å²) in [6, 6.07) is 13.8. The molecule has 2 aliphatic heterocycles. The summed E-state index contributed by atoms with van der Waals surface area (Å²) in [7, 11) is 1.87. The maximum atomic E-state index is 13.4. The highest BCUT2D eigenvalue weighted by atomic mass is 16.6. The normalized spacial score (nSPS) is 28.9. The zero-order chi connectivity index (χ0) is 26.6. The van der Waals surface area contributed by atoms with Crippen LogP contribution in [0, 0.1) is 5.92 Å². The first-order valence-electron chi connectivity index (χ1n) is 13.5. The number of esters is 1. The Kier molecular flexibility index (Phi) is 6.14. The van der Waals surface area contributed by atoms with Crippen LogP contribution in [-0.4, -0.2) is 65.8 Å². The zero-order valence-corrected chi connectivity index (χ0v) is 22.2. The fraction of sp³-hybridized carbons (Fsp3) is 0.452. The summed E-state index contributed by atoms with van der Waals surface area (Å²) >= 11 is 0. The Morgan fingerprint density at radius 1 is 1.13 bits per heavy atom. The summed E-state index contributed by atoms with van der Waals surface area (Å²) < 4.78 is 12.4. The maximum Gasteiger partial charge on any atom is 0.308 e. The van der Waals surface area contributed by atoms with E-state index in [1.807, 2.05) is 54.4 Å². The van der Waals surface area contributed by atoms with Gasteiger partial charge in [0.1, 0.15) is 11.9 Å². The third-order valence-corrected chi connectivity index (χ3v) is 9.13. The van der Waals surface area contributed by atoms with E-state index >= 15 is 0 Å². The SMILES string of the molecule is CC(=O)CN1CC[C@]23c4c5ccc(OC(C)=O)c4O[C@H]2[C@H](N(C)C(=O)C=Cc2ccccc2)CC[C@H]3[C@H]1C5. The Labute approximate surface area is 223 Å². The van der Waals surface area contributed by atoms with Gasteiger partial charge in [-0.3, -0.25) is 19.3 Å². The van der Waals surface area contributed by atoms with E-state index in [0.29, 0.717) is 24.0 Å². The van der Waals surface area contributed by atoms with Gasteiger partial charge in [-0.05, 0) is 68.3 Å². The highest BCUT2D eigenvalue weighted by Gasteiger charge is 2.66. The Balaban J connectivity index is 1.38. The summed E-state index contributed by atoms with van der Waals surface area (Å²) in [5.74, 6) is 1.17. The van der Waals surface area contributed by atoms with Gasteiger partial charge in [0, 0.05) is 37.1 Å². The number of ether oxygens (including phenoxy) is 2. The molecule has 1 saturated carbocycles. The molecule has 4 aliphatic rings. The molecule has 2 heterocycles. The molecule has 5 atom stereocenters. The van der Waals surface area contributed by atoms with Crippen molar-refractivity contribution in [2.75, 3.05) is 20.1 Å². The quantitative estimate of drug-likeness (QED) is 0.332. The molecule has 38 heavy (non-hydrogen) atoms. The molecule has 2 bridgehead atoms. The molecular weight excluding hydrogens is 480 g/mol. The minimum atomic E-state index is -0.381. The number of carbonyl (C=O) groups is 3. The second-order valence-electron chi connectivity index (χ2n) is 11.2. The van der Waals surface area contributed by atoms with Gasteiger partial charge in [0.15, 0.2) is 11.5 Å². The van der Waals surface area contributed by atoms with Crippen molar-refractivity contribution < 1.29 is 23.9 Å². The topological polar surface area (TPSA) is 76.2 Å². The van der Waals surface area contributed by atoms with Gasteiger partial charge in [-0.2, -0.15) is 0 Å². The van der Waals surface area contributed by atoms with E-state index in [9.17, 15) is 14.4 Å². The number of nitrogens with zero attached hydrogens (tertiary/aromatic N) is 2. The lowest BCUT2D eigenvalue weighted by Gasteiger charge is -2.60. The van der Waals surface area contributed by atoms with Crippen LogP contribution in [0.1, 0.15) is 49.8 Å². The standard InChI is InChI=1S/C31H34N2O5/c1-19(34)18-33-16-15-31-23-11-12-24(32(3)27(36)14-9-21-7-5-4-6-8-21)30(31)38-29-26(37-20(2)35)13-10-22(28(29)31)17-25(23)33/h4-10,13-14,23-25,30H,11-12,15-18H2,1-3H3/t23-,24+,25+,30-,31-/m0/s1. The van der Waals surface area contributed by atoms with Crippen molar-refractivity contribution in [2.24, 2.45) is 5.92 Å². The molecule has 1 amide bonds. The molecule has 2 aromatic carbocycles. The molecule has 0 unspecified atom stereocenters. The fourth-order valence-electron chi connectivity index (χ4n) is 7.71. The third kappa shape index (κ3) is 3.87. The van der Waals surface area contributed by atoms with Crippen molar-refractivity contribution in [3.05, 3.63) is 65.2 Å². The summed E-state index contributed by atoms with van der Waals surface area (Å²) in [6.07, 6.45) is 6.69. The average molecular weight is 515 g/mol. The van der Waals surface area contributed by atoms with E-state index in [4.69, 9.17) is 9.47 Å². The van der Waals surface area contributed by atoms with E-state index < -0.39 is 0 Å². The zero-order valence-electron chi connectivity index (χ0n) is 22.2. The van der Waals surface area contributed by atoms with Gasteiger partial charge in [0.05, 0.1) is 12.6 Å². The van der Waals surface area contributed by atoms with E-state index in [1.54, 1.807) is 13.0 Å². The van der Waals surface area contributed by atoms with Crippen LogP contribution in [0.15, 0.2) is 48.5 Å². The lowest BCUT2D eigenvalue weighted by atomic mass is 9.51. The van der Waals surface area contributed by atoms with Crippen LogP contribution in [0.3, 0.4) is 0 Å². The van der Waals surface area contributed by atoms with Gasteiger partial charge >= 0.3 is 5.97 Å². The molecule has 2 aliphatic carbocycles. The smallest absolute Gasteiger partial charge is 0.308 e. The summed E-state index contributed by atoms with van der Waals surface area (Å²) in [5, 5.41) is 0. The van der Waals surface area contributed by atoms with Crippen molar-refractivity contribution in [1.82, 2.24) is 9.80 Å². The van der Waals surface area contributed by atoms with Crippen LogP contribution in [-0.2, 0) is 26.2 Å². The van der Waals surface area contributed by atoms with E-state index in [-0.39, 0.29) is 41.3 Å². The number of Topliss-reactive ketones (excluding diaryl/α,β-unsaturated/α-hetero) is 1. The largest absolute Gasteiger partial charge is 0.483 e. The highest BCUT2D eigenvalue weighted by molar-refractivity contribution is 5.92. The van der Waals surface area contributed by atoms with E-state index in [2.05, 4.69) is 11.0 Å². The number of amides is 1. The van der Waals surface area contributed by atoms with Crippen molar-refractivity contribution >= 4 is 23.7 Å². The van der Waals surface area contributed by atoms with Gasteiger partial charge in [0.2, 0.25) is 5.91 Å². The summed E-state index contributed by atoms with van der Waals surface area (Å²) in [5.41, 5.74) is 3.06. The molecule has 7 heteroatoms. The van der Waals surface area contributed by atoms with Crippen molar-refractivity contribution in [1.29, 1.82) is 0 Å². The summed E-state index contributed by atoms with van der Waals surface area (Å²) in [4.78, 5) is 41.6. The second-order valence-corrected chi connectivity index (χ2v) is 11.2. The Morgan fingerprint density at radius 3 is 2.66 bits per heavy atom. The van der Waals surface area contributed by atoms with Crippen LogP contribution < -0.4 is 9.47 Å². The van der Waals surface area contributed by atoms with Crippen molar-refractivity contribution in [2.45, 2.75) is 63.1 Å². The minimum Gasteiger partial charge on any atom is -0.483 e. The number of piperidine rings is 1. The first kappa shape index (κ1) is 24.9. The average Bonchev–Trinajstić information content (AvgIpc) is 3.24. The fourth-order valence-corrected chi connectivity index (χ4v) is 7.71. The minimum absolute atomic E-state index is 0.0601. The number of likely N-dealkylation sites (N-methyl/N-ethyl adjacent to an activating group) is 1. The molecule has 7 nitrogen and oxygen atoms in total. The van der Waals surface area contributed by atoms with Gasteiger partial charge < -0.3 is 14.4 Å². The highest BCUT2D eigenvalue weighted by Crippen LogP contribution is 2.64. The van der Waals surface area contributed by atoms with Crippen molar-refractivity contribution in [3.8, 4) is 11.5 Å². The predicted molar refractivity (Wildman–Crippen MR) is 143 cm³/mol. The third-order valence-electron chi connectivity index (χ3n) is 9.13. The van der Waals surface area contributed by atoms with Gasteiger partial charge in [-0.25, -0.2) is 0 Å². The number of benzene rings is 2. The maximum absolute atomic E-state index is 13.4. The van der Waals surface area contributed by atoms with E-state index in [0.717, 1.165) is 43.4 Å². The van der Waals surface area contributed by atoms with Crippen LogP contribution in [0.25, 0.3) is 6.08 Å². The molecule has 0 N–H and O–H groups in total. The number of hydrogen-bond donors (Lipinski definition) is 0. The lowest BCUT2D eigenvalue weighted by molar-refractivity contribution is -0.136. The lowest BCUT2D eigenvalue weighted by Crippen LogP contribution is -2.69. The Bertz CT molecular complexity index is 1320. The number of likely N-dealkylation sites (tertiary alicyclic amines) is 1. The monoisotopic (exact) mass is 514 g/mol. The molecule has 0 aromatic heterocycles. The van der Waals surface area contributed by atoms with Gasteiger partial charge in [0.25, 0.3) is 0 Å². The predicted octanol–water partition coefficient (Wildman–Crippen LogP) is 3.78. The number of rotatable bonds is 6. The van der Waals surface area contributed by atoms with Crippen LogP contribution in [0.2, 0.25) is 0 Å². The molecule has 1 spiro atoms. The molecule has 0 radical (unpaired) electrons. The first-order chi connectivity index (χ1) is 18.3. The van der Waals surface area contributed by atoms with Crippen molar-refractivity contribution in [3.63, 3.8) is 0 Å². The second kappa shape index (κ2) is 9.38. The Morgan fingerprint density at radius 2 is 1.92 bits per heavy atom. The van der Waals surface area contributed by atoms with Gasteiger partial charge in [-0.1, -0.05) is 36.4 Å². The van der Waals surface area contributed by atoms with Crippen LogP contribution in [0.5, 0.6) is 11.5 Å².